The molecule has 0 radical (unpaired) electrons. The smallest absolute Gasteiger partial charge is 0.407 e. The molecule has 2 atom stereocenters. The van der Waals surface area contributed by atoms with E-state index in [1.54, 1.807) is 24.3 Å². The third kappa shape index (κ3) is 6.15. The molecule has 0 fully saturated rings. The SMILES string of the molecule is Cc1ccc(S(=O)(=O)O[C@@H](CNC(=O)OCc2ccccc2)[C@H]2C=CCO2)cc1. The second kappa shape index (κ2) is 9.69. The molecule has 0 unspecified atom stereocenters. The number of carbonyl (C=O) groups is 1. The van der Waals surface area contributed by atoms with Crippen LogP contribution in [0, 0.1) is 6.92 Å². The van der Waals surface area contributed by atoms with Crippen LogP contribution in [0.25, 0.3) is 0 Å². The molecule has 1 amide bonds. The average molecular weight is 417 g/mol. The summed E-state index contributed by atoms with van der Waals surface area (Å²) in [5.41, 5.74) is 1.78. The van der Waals surface area contributed by atoms with Crippen LogP contribution in [0.4, 0.5) is 4.79 Å². The summed E-state index contributed by atoms with van der Waals surface area (Å²) in [5.74, 6) is 0. The van der Waals surface area contributed by atoms with Crippen molar-refractivity contribution in [1.82, 2.24) is 5.32 Å². The summed E-state index contributed by atoms with van der Waals surface area (Å²) in [7, 11) is -4.02. The van der Waals surface area contributed by atoms with Crippen LogP contribution in [0.1, 0.15) is 11.1 Å². The summed E-state index contributed by atoms with van der Waals surface area (Å²) in [6.07, 6.45) is 1.30. The molecular formula is C21H23NO6S. The first kappa shape index (κ1) is 21.0. The van der Waals surface area contributed by atoms with Gasteiger partial charge in [0.1, 0.15) is 18.8 Å². The van der Waals surface area contributed by atoms with Gasteiger partial charge in [-0.25, -0.2) is 4.79 Å². The van der Waals surface area contributed by atoms with E-state index in [0.717, 1.165) is 11.1 Å². The zero-order chi connectivity index (χ0) is 20.7. The van der Waals surface area contributed by atoms with Gasteiger partial charge in [0.2, 0.25) is 0 Å². The first-order valence-corrected chi connectivity index (χ1v) is 10.6. The Bertz CT molecular complexity index is 941. The van der Waals surface area contributed by atoms with Gasteiger partial charge in [0, 0.05) is 0 Å². The first-order chi connectivity index (χ1) is 13.9. The number of hydrogen-bond donors (Lipinski definition) is 1. The van der Waals surface area contributed by atoms with Crippen LogP contribution in [0.5, 0.6) is 0 Å². The summed E-state index contributed by atoms with van der Waals surface area (Å²) in [4.78, 5) is 12.1. The van der Waals surface area contributed by atoms with Crippen LogP contribution in [0.2, 0.25) is 0 Å². The van der Waals surface area contributed by atoms with Gasteiger partial charge in [-0.2, -0.15) is 8.42 Å². The van der Waals surface area contributed by atoms with Crippen LogP contribution < -0.4 is 5.32 Å². The predicted octanol–water partition coefficient (Wildman–Crippen LogP) is 2.95. The summed E-state index contributed by atoms with van der Waals surface area (Å²) >= 11 is 0. The molecule has 154 valence electrons. The molecule has 7 nitrogen and oxygen atoms in total. The molecule has 3 rings (SSSR count). The highest BCUT2D eigenvalue weighted by atomic mass is 32.2. The number of amides is 1. The summed E-state index contributed by atoms with van der Waals surface area (Å²) in [6.45, 7) is 2.24. The first-order valence-electron chi connectivity index (χ1n) is 9.17. The van der Waals surface area contributed by atoms with Gasteiger partial charge in [-0.05, 0) is 24.6 Å². The number of carbonyl (C=O) groups excluding carboxylic acids is 1. The minimum Gasteiger partial charge on any atom is -0.445 e. The van der Waals surface area contributed by atoms with Crippen LogP contribution in [-0.4, -0.2) is 39.9 Å². The minimum absolute atomic E-state index is 0.0433. The Kier molecular flexibility index (Phi) is 7.03. The van der Waals surface area contributed by atoms with Crippen molar-refractivity contribution in [3.63, 3.8) is 0 Å². The van der Waals surface area contributed by atoms with Gasteiger partial charge in [-0.15, -0.1) is 0 Å². The second-order valence-corrected chi connectivity index (χ2v) is 8.14. The largest absolute Gasteiger partial charge is 0.445 e. The van der Waals surface area contributed by atoms with E-state index in [0.29, 0.717) is 6.61 Å². The van der Waals surface area contributed by atoms with Crippen molar-refractivity contribution in [2.24, 2.45) is 0 Å². The summed E-state index contributed by atoms with van der Waals surface area (Å²) in [6, 6.07) is 15.6. The zero-order valence-electron chi connectivity index (χ0n) is 16.0. The van der Waals surface area contributed by atoms with Crippen molar-refractivity contribution in [3.8, 4) is 0 Å². The van der Waals surface area contributed by atoms with Crippen molar-refractivity contribution < 1.29 is 26.9 Å². The van der Waals surface area contributed by atoms with Crippen molar-refractivity contribution in [2.75, 3.05) is 13.2 Å². The molecule has 1 heterocycles. The van der Waals surface area contributed by atoms with Crippen LogP contribution in [-0.2, 0) is 30.4 Å². The highest BCUT2D eigenvalue weighted by Crippen LogP contribution is 2.19. The lowest BCUT2D eigenvalue weighted by molar-refractivity contribution is 0.0302. The monoisotopic (exact) mass is 417 g/mol. The van der Waals surface area contributed by atoms with E-state index < -0.39 is 28.4 Å². The van der Waals surface area contributed by atoms with E-state index >= 15 is 0 Å². The molecule has 1 aliphatic rings. The third-order valence-electron chi connectivity index (χ3n) is 4.30. The van der Waals surface area contributed by atoms with E-state index in [-0.39, 0.29) is 18.0 Å². The molecule has 0 saturated carbocycles. The molecule has 0 spiro atoms. The maximum atomic E-state index is 12.6. The topological polar surface area (TPSA) is 90.9 Å². The van der Waals surface area contributed by atoms with E-state index in [2.05, 4.69) is 5.32 Å². The molecule has 29 heavy (non-hydrogen) atoms. The van der Waals surface area contributed by atoms with E-state index in [1.807, 2.05) is 37.3 Å². The molecule has 8 heteroatoms. The maximum Gasteiger partial charge on any atom is 0.407 e. The van der Waals surface area contributed by atoms with Crippen LogP contribution in [0.15, 0.2) is 71.6 Å². The molecular weight excluding hydrogens is 394 g/mol. The molecule has 2 aromatic carbocycles. The number of rotatable bonds is 8. The Labute approximate surface area is 170 Å². The Morgan fingerprint density at radius 2 is 1.90 bits per heavy atom. The van der Waals surface area contributed by atoms with Crippen molar-refractivity contribution >= 4 is 16.2 Å². The molecule has 0 saturated heterocycles. The number of nitrogens with one attached hydrogen (secondary N) is 1. The molecule has 0 aliphatic carbocycles. The summed E-state index contributed by atoms with van der Waals surface area (Å²) < 4.78 is 41.3. The number of hydrogen-bond acceptors (Lipinski definition) is 6. The molecule has 1 aliphatic heterocycles. The van der Waals surface area contributed by atoms with E-state index in [4.69, 9.17) is 13.7 Å². The second-order valence-electron chi connectivity index (χ2n) is 6.57. The molecule has 0 bridgehead atoms. The third-order valence-corrected chi connectivity index (χ3v) is 5.65. The van der Waals surface area contributed by atoms with Gasteiger partial charge in [0.25, 0.3) is 10.1 Å². The van der Waals surface area contributed by atoms with Gasteiger partial charge >= 0.3 is 6.09 Å². The van der Waals surface area contributed by atoms with E-state index in [9.17, 15) is 13.2 Å². The average Bonchev–Trinajstić information content (AvgIpc) is 3.25. The highest BCUT2D eigenvalue weighted by molar-refractivity contribution is 7.86. The van der Waals surface area contributed by atoms with Gasteiger partial charge in [-0.1, -0.05) is 60.2 Å². The fourth-order valence-electron chi connectivity index (χ4n) is 2.73. The lowest BCUT2D eigenvalue weighted by atomic mass is 10.2. The fraction of sp³-hybridized carbons (Fsp3) is 0.286. The highest BCUT2D eigenvalue weighted by Gasteiger charge is 2.30. The fourth-order valence-corrected chi connectivity index (χ4v) is 3.81. The van der Waals surface area contributed by atoms with Crippen LogP contribution in [0.3, 0.4) is 0 Å². The van der Waals surface area contributed by atoms with Crippen molar-refractivity contribution in [3.05, 3.63) is 77.9 Å². The normalized spacial score (nSPS) is 17.1. The Balaban J connectivity index is 1.60. The molecule has 0 aromatic heterocycles. The number of benzene rings is 2. The van der Waals surface area contributed by atoms with E-state index in [1.165, 1.54) is 12.1 Å². The van der Waals surface area contributed by atoms with Crippen molar-refractivity contribution in [2.45, 2.75) is 30.6 Å². The van der Waals surface area contributed by atoms with Crippen molar-refractivity contribution in [1.29, 1.82) is 0 Å². The Morgan fingerprint density at radius 3 is 2.55 bits per heavy atom. The Hall–Kier alpha value is -2.68. The summed E-state index contributed by atoms with van der Waals surface area (Å²) in [5, 5.41) is 2.55. The zero-order valence-corrected chi connectivity index (χ0v) is 16.8. The molecule has 1 N–H and O–H groups in total. The van der Waals surface area contributed by atoms with Gasteiger partial charge in [-0.3, -0.25) is 4.18 Å². The maximum absolute atomic E-state index is 12.6. The van der Waals surface area contributed by atoms with Gasteiger partial charge in [0.05, 0.1) is 18.0 Å². The molecule has 2 aromatic rings. The van der Waals surface area contributed by atoms with Gasteiger partial charge in [0.15, 0.2) is 0 Å². The number of aryl methyl sites for hydroxylation is 1. The minimum atomic E-state index is -4.02. The lowest BCUT2D eigenvalue weighted by Crippen LogP contribution is -2.41. The number of alkyl carbamates (subject to hydrolysis) is 1. The standard InChI is InChI=1S/C21H23NO6S/c1-16-9-11-18(12-10-16)29(24,25)28-20(19-8-5-13-26-19)14-22-21(23)27-15-17-6-3-2-4-7-17/h2-12,19-20H,13-15H2,1H3,(H,22,23)/t19-,20+/m1/s1. The van der Waals surface area contributed by atoms with Gasteiger partial charge < -0.3 is 14.8 Å². The number of ether oxygens (including phenoxy) is 2. The quantitative estimate of drug-likeness (QED) is 0.525. The van der Waals surface area contributed by atoms with Crippen LogP contribution >= 0.6 is 0 Å². The predicted molar refractivity (Wildman–Crippen MR) is 107 cm³/mol. The Morgan fingerprint density at radius 1 is 1.17 bits per heavy atom. The lowest BCUT2D eigenvalue weighted by Gasteiger charge is -2.22.